The molecule has 3 N–H and O–H groups in total. The lowest BCUT2D eigenvalue weighted by Crippen LogP contribution is -2.30. The summed E-state index contributed by atoms with van der Waals surface area (Å²) in [5.74, 6) is 0. The Morgan fingerprint density at radius 1 is 2.00 bits per heavy atom. The van der Waals surface area contributed by atoms with E-state index in [-0.39, 0.29) is 0 Å². The molecule has 1 atom stereocenters. The highest BCUT2D eigenvalue weighted by Gasteiger charge is 2.02. The first-order chi connectivity index (χ1) is 3.66. The van der Waals surface area contributed by atoms with Crippen molar-refractivity contribution < 1.29 is 15.0 Å². The second kappa shape index (κ2) is 3.16. The van der Waals surface area contributed by atoms with E-state index in [1.807, 2.05) is 0 Å². The smallest absolute Gasteiger partial charge is 0.296 e. The van der Waals surface area contributed by atoms with E-state index in [0.29, 0.717) is 0 Å². The zero-order valence-electron chi connectivity index (χ0n) is 3.98. The summed E-state index contributed by atoms with van der Waals surface area (Å²) >= 11 is 0. The zero-order chi connectivity index (χ0) is 6.57. The molecule has 0 fully saturated rings. The van der Waals surface area contributed by atoms with E-state index >= 15 is 0 Å². The van der Waals surface area contributed by atoms with Gasteiger partial charge < -0.3 is 10.8 Å². The lowest BCUT2D eigenvalue weighted by molar-refractivity contribution is -0.768. The van der Waals surface area contributed by atoms with Gasteiger partial charge in [0.2, 0.25) is 0 Å². The summed E-state index contributed by atoms with van der Waals surface area (Å²) in [5.41, 5.74) is 4.76. The number of aliphatic hydroxyl groups is 1. The van der Waals surface area contributed by atoms with Crippen molar-refractivity contribution in [3.05, 3.63) is 10.1 Å². The fourth-order valence-corrected chi connectivity index (χ4v) is 0.144. The molecule has 6 heteroatoms. The fourth-order valence-electron chi connectivity index (χ4n) is 0.144. The first kappa shape index (κ1) is 7.12. The van der Waals surface area contributed by atoms with Crippen molar-refractivity contribution in [2.24, 2.45) is 5.73 Å². The topological polar surface area (TPSA) is 98.6 Å². The molecule has 0 aliphatic carbocycles. The summed E-state index contributed by atoms with van der Waals surface area (Å²) < 4.78 is 0. The Balaban J connectivity index is 3.24. The number of nitrogens with two attached hydrogens (primary N) is 1. The minimum atomic E-state index is -1.22. The Bertz CT molecular complexity index is 84.1. The molecule has 48 valence electrons. The Hall–Kier alpha value is -0.880. The van der Waals surface area contributed by atoms with Crippen LogP contribution in [0, 0.1) is 10.1 Å². The molecule has 0 rings (SSSR count). The van der Waals surface area contributed by atoms with Crippen LogP contribution in [0.25, 0.3) is 0 Å². The molecule has 6 nitrogen and oxygen atoms in total. The van der Waals surface area contributed by atoms with Crippen LogP contribution in [0.5, 0.6) is 0 Å². The minimum absolute atomic E-state index is 0.555. The van der Waals surface area contributed by atoms with Crippen molar-refractivity contribution in [1.82, 2.24) is 0 Å². The molecule has 0 aromatic carbocycles. The van der Waals surface area contributed by atoms with E-state index in [2.05, 4.69) is 4.84 Å². The molecule has 0 aliphatic rings. The number of aliphatic hydroxyl groups excluding tert-OH is 1. The molecule has 0 heterocycles. The summed E-state index contributed by atoms with van der Waals surface area (Å²) in [5, 5.41) is 16.3. The second-order valence-electron chi connectivity index (χ2n) is 1.05. The molecule has 0 aliphatic heterocycles. The van der Waals surface area contributed by atoms with E-state index in [1.54, 1.807) is 0 Å². The molecule has 0 aromatic heterocycles. The van der Waals surface area contributed by atoms with Crippen molar-refractivity contribution in [3.8, 4) is 0 Å². The molecule has 0 bridgehead atoms. The van der Waals surface area contributed by atoms with Crippen molar-refractivity contribution in [1.29, 1.82) is 0 Å². The van der Waals surface area contributed by atoms with Gasteiger partial charge in [-0.1, -0.05) is 0 Å². The molecule has 1 unspecified atom stereocenters. The van der Waals surface area contributed by atoms with Crippen LogP contribution < -0.4 is 5.73 Å². The third-order valence-electron chi connectivity index (χ3n) is 0.401. The summed E-state index contributed by atoms with van der Waals surface area (Å²) in [7, 11) is 0. The summed E-state index contributed by atoms with van der Waals surface area (Å²) in [6, 6.07) is 0. The maximum absolute atomic E-state index is 9.36. The van der Waals surface area contributed by atoms with Gasteiger partial charge in [0.1, 0.15) is 0 Å². The Kier molecular flexibility index (Phi) is 2.82. The van der Waals surface area contributed by atoms with E-state index in [1.165, 1.54) is 0 Å². The maximum atomic E-state index is 9.36. The summed E-state index contributed by atoms with van der Waals surface area (Å²) in [6.45, 7) is -0.555. The van der Waals surface area contributed by atoms with Crippen LogP contribution in [0.15, 0.2) is 0 Å². The Morgan fingerprint density at radius 3 is 2.62 bits per heavy atom. The third-order valence-corrected chi connectivity index (χ3v) is 0.401. The number of hydrogen-bond acceptors (Lipinski definition) is 5. The van der Waals surface area contributed by atoms with Gasteiger partial charge in [-0.3, -0.25) is 4.84 Å². The fraction of sp³-hybridized carbons (Fsp3) is 1.00. The summed E-state index contributed by atoms with van der Waals surface area (Å²) in [4.78, 5) is 13.0. The standard InChI is InChI=1S/C2H6N2O4/c3-2(1-5)8-4(6)7/h2,5H,1,3H2. The largest absolute Gasteiger partial charge is 0.393 e. The Morgan fingerprint density at radius 2 is 2.50 bits per heavy atom. The molecule has 0 saturated carbocycles. The van der Waals surface area contributed by atoms with Gasteiger partial charge in [0.25, 0.3) is 5.09 Å². The van der Waals surface area contributed by atoms with Crippen molar-refractivity contribution >= 4 is 0 Å². The third kappa shape index (κ3) is 3.32. The van der Waals surface area contributed by atoms with Gasteiger partial charge in [0.15, 0.2) is 6.23 Å². The first-order valence-electron chi connectivity index (χ1n) is 1.84. The van der Waals surface area contributed by atoms with Crippen LogP contribution in [0.2, 0.25) is 0 Å². The van der Waals surface area contributed by atoms with Crippen LogP contribution in [0.1, 0.15) is 0 Å². The average Bonchev–Trinajstić information content (AvgIpc) is 1.65. The zero-order valence-corrected chi connectivity index (χ0v) is 3.98. The molecule has 0 spiro atoms. The second-order valence-corrected chi connectivity index (χ2v) is 1.05. The monoisotopic (exact) mass is 122 g/mol. The van der Waals surface area contributed by atoms with E-state index in [0.717, 1.165) is 0 Å². The van der Waals surface area contributed by atoms with Crippen LogP contribution in [0.4, 0.5) is 0 Å². The molecule has 8 heavy (non-hydrogen) atoms. The van der Waals surface area contributed by atoms with E-state index in [4.69, 9.17) is 10.8 Å². The molecule has 0 radical (unpaired) electrons. The molecular formula is C2H6N2O4. The highest BCUT2D eigenvalue weighted by atomic mass is 17.0. The van der Waals surface area contributed by atoms with Crippen LogP contribution >= 0.6 is 0 Å². The van der Waals surface area contributed by atoms with Gasteiger partial charge in [-0.25, -0.2) is 0 Å². The molecule has 0 saturated heterocycles. The van der Waals surface area contributed by atoms with Crippen LogP contribution in [0.3, 0.4) is 0 Å². The van der Waals surface area contributed by atoms with Crippen LogP contribution in [-0.4, -0.2) is 23.0 Å². The lowest BCUT2D eigenvalue weighted by Gasteiger charge is -2.02. The van der Waals surface area contributed by atoms with Gasteiger partial charge in [-0.05, 0) is 0 Å². The van der Waals surface area contributed by atoms with Gasteiger partial charge in [0, 0.05) is 0 Å². The van der Waals surface area contributed by atoms with Gasteiger partial charge in [0.05, 0.1) is 6.61 Å². The molecular weight excluding hydrogens is 116 g/mol. The van der Waals surface area contributed by atoms with E-state index in [9.17, 15) is 10.1 Å². The molecule has 0 aromatic rings. The maximum Gasteiger partial charge on any atom is 0.296 e. The Labute approximate surface area is 45.0 Å². The highest BCUT2D eigenvalue weighted by Crippen LogP contribution is 1.78. The van der Waals surface area contributed by atoms with E-state index < -0.39 is 17.9 Å². The van der Waals surface area contributed by atoms with Crippen molar-refractivity contribution in [2.45, 2.75) is 6.23 Å². The predicted molar refractivity (Wildman–Crippen MR) is 23.1 cm³/mol. The van der Waals surface area contributed by atoms with Crippen molar-refractivity contribution in [3.63, 3.8) is 0 Å². The average molecular weight is 122 g/mol. The normalized spacial score (nSPS) is 12.8. The minimum Gasteiger partial charge on any atom is -0.393 e. The number of hydrogen-bond donors (Lipinski definition) is 2. The number of rotatable bonds is 3. The molecule has 0 amide bonds. The predicted octanol–water partition coefficient (Wildman–Crippen LogP) is -1.53. The number of nitrogens with zero attached hydrogens (tertiary/aromatic N) is 1. The lowest BCUT2D eigenvalue weighted by atomic mass is 10.7. The van der Waals surface area contributed by atoms with Gasteiger partial charge in [-0.2, -0.15) is 0 Å². The van der Waals surface area contributed by atoms with Crippen molar-refractivity contribution in [2.75, 3.05) is 6.61 Å². The van der Waals surface area contributed by atoms with Crippen LogP contribution in [-0.2, 0) is 4.84 Å². The van der Waals surface area contributed by atoms with Gasteiger partial charge >= 0.3 is 0 Å². The SMILES string of the molecule is NC(CO)O[N+](=O)[O-]. The quantitative estimate of drug-likeness (QED) is 0.269. The summed E-state index contributed by atoms with van der Waals surface area (Å²) in [6.07, 6.45) is -1.22. The highest BCUT2D eigenvalue weighted by molar-refractivity contribution is 4.34. The first-order valence-corrected chi connectivity index (χ1v) is 1.84. The van der Waals surface area contributed by atoms with Gasteiger partial charge in [-0.15, -0.1) is 10.1 Å².